The Balaban J connectivity index is 2.16. The van der Waals surface area contributed by atoms with E-state index in [1.807, 2.05) is 26.1 Å². The van der Waals surface area contributed by atoms with Gasteiger partial charge in [0, 0.05) is 0 Å². The molecule has 0 amide bonds. The molecule has 0 spiro atoms. The Morgan fingerprint density at radius 2 is 1.71 bits per heavy atom. The summed E-state index contributed by atoms with van der Waals surface area (Å²) in [5.74, 6) is -0.160. The summed E-state index contributed by atoms with van der Waals surface area (Å²) in [6.45, 7) is 2.75. The maximum absolute atomic E-state index is 13.8. The lowest BCUT2D eigenvalue weighted by atomic mass is 9.90. The van der Waals surface area contributed by atoms with Crippen molar-refractivity contribution in [3.05, 3.63) is 70.8 Å². The molecule has 0 aliphatic rings. The first-order valence-electron chi connectivity index (χ1n) is 7.23. The van der Waals surface area contributed by atoms with Crippen LogP contribution in [0.25, 0.3) is 0 Å². The van der Waals surface area contributed by atoms with Gasteiger partial charge in [-0.25, -0.2) is 8.78 Å². The molecule has 1 atom stereocenters. The highest BCUT2D eigenvalue weighted by atomic mass is 19.1. The summed E-state index contributed by atoms with van der Waals surface area (Å²) in [4.78, 5) is 0. The lowest BCUT2D eigenvalue weighted by Crippen LogP contribution is -2.23. The predicted octanol–water partition coefficient (Wildman–Crippen LogP) is 3.89. The molecule has 0 saturated heterocycles. The van der Waals surface area contributed by atoms with Crippen molar-refractivity contribution < 1.29 is 8.78 Å². The van der Waals surface area contributed by atoms with E-state index >= 15 is 0 Å². The molecule has 112 valence electrons. The minimum absolute atomic E-state index is 0.172. The summed E-state index contributed by atoms with van der Waals surface area (Å²) < 4.78 is 27.2. The third-order valence-corrected chi connectivity index (χ3v) is 3.78. The second-order valence-corrected chi connectivity index (χ2v) is 5.49. The largest absolute Gasteiger partial charge is 0.319 e. The molecule has 21 heavy (non-hydrogen) atoms. The molecule has 0 aliphatic carbocycles. The van der Waals surface area contributed by atoms with Gasteiger partial charge < -0.3 is 5.32 Å². The maximum Gasteiger partial charge on any atom is 0.126 e. The van der Waals surface area contributed by atoms with E-state index in [2.05, 4.69) is 5.32 Å². The smallest absolute Gasteiger partial charge is 0.126 e. The molecular formula is C18H21F2N. The third kappa shape index (κ3) is 4.36. The molecular weight excluding hydrogens is 268 g/mol. The van der Waals surface area contributed by atoms with Gasteiger partial charge in [0.25, 0.3) is 0 Å². The van der Waals surface area contributed by atoms with Crippen LogP contribution in [0.3, 0.4) is 0 Å². The molecule has 2 aromatic carbocycles. The van der Waals surface area contributed by atoms with Gasteiger partial charge in [0.05, 0.1) is 0 Å². The highest BCUT2D eigenvalue weighted by molar-refractivity contribution is 5.27. The summed E-state index contributed by atoms with van der Waals surface area (Å²) >= 11 is 0. The van der Waals surface area contributed by atoms with Crippen LogP contribution in [0.5, 0.6) is 0 Å². The van der Waals surface area contributed by atoms with Crippen LogP contribution >= 0.6 is 0 Å². The van der Waals surface area contributed by atoms with Crippen molar-refractivity contribution in [2.75, 3.05) is 13.6 Å². The number of hydrogen-bond acceptors (Lipinski definition) is 1. The molecule has 0 bridgehead atoms. The van der Waals surface area contributed by atoms with Gasteiger partial charge >= 0.3 is 0 Å². The third-order valence-electron chi connectivity index (χ3n) is 3.78. The molecule has 2 aromatic rings. The summed E-state index contributed by atoms with van der Waals surface area (Å²) in [6, 6.07) is 11.7. The van der Waals surface area contributed by atoms with E-state index in [0.29, 0.717) is 12.0 Å². The van der Waals surface area contributed by atoms with Gasteiger partial charge in [-0.05, 0) is 74.2 Å². The normalized spacial score (nSPS) is 12.4. The Kier molecular flexibility index (Phi) is 5.45. The molecule has 1 N–H and O–H groups in total. The Morgan fingerprint density at radius 3 is 2.43 bits per heavy atom. The van der Waals surface area contributed by atoms with Gasteiger partial charge in [-0.1, -0.05) is 24.3 Å². The Bertz CT molecular complexity index is 596. The van der Waals surface area contributed by atoms with Crippen LogP contribution in [0, 0.1) is 24.5 Å². The second kappa shape index (κ2) is 7.32. The molecule has 0 radical (unpaired) electrons. The quantitative estimate of drug-likeness (QED) is 0.850. The average molecular weight is 289 g/mol. The molecule has 1 nitrogen and oxygen atoms in total. The number of hydrogen-bond donors (Lipinski definition) is 1. The second-order valence-electron chi connectivity index (χ2n) is 5.49. The zero-order valence-corrected chi connectivity index (χ0v) is 12.5. The van der Waals surface area contributed by atoms with Crippen molar-refractivity contribution in [1.29, 1.82) is 0 Å². The molecule has 2 rings (SSSR count). The molecule has 0 heterocycles. The van der Waals surface area contributed by atoms with E-state index in [9.17, 15) is 8.78 Å². The van der Waals surface area contributed by atoms with Crippen LogP contribution in [0.4, 0.5) is 8.78 Å². The first-order chi connectivity index (χ1) is 10.1. The Hall–Kier alpha value is -1.74. The molecule has 0 saturated carbocycles. The maximum atomic E-state index is 13.8. The van der Waals surface area contributed by atoms with Crippen molar-refractivity contribution in [2.45, 2.75) is 19.8 Å². The molecule has 0 fully saturated rings. The van der Waals surface area contributed by atoms with E-state index in [1.54, 1.807) is 18.2 Å². The van der Waals surface area contributed by atoms with Gasteiger partial charge in [-0.2, -0.15) is 0 Å². The van der Waals surface area contributed by atoms with E-state index < -0.39 is 0 Å². The number of halogens is 2. The van der Waals surface area contributed by atoms with Crippen LogP contribution in [0.15, 0.2) is 42.5 Å². The molecule has 0 aromatic heterocycles. The first-order valence-corrected chi connectivity index (χ1v) is 7.23. The predicted molar refractivity (Wildman–Crippen MR) is 82.4 cm³/mol. The van der Waals surface area contributed by atoms with E-state index in [1.165, 1.54) is 12.1 Å². The van der Waals surface area contributed by atoms with Gasteiger partial charge in [0.1, 0.15) is 11.6 Å². The van der Waals surface area contributed by atoms with Crippen molar-refractivity contribution in [1.82, 2.24) is 5.32 Å². The number of rotatable bonds is 6. The van der Waals surface area contributed by atoms with E-state index in [-0.39, 0.29) is 17.6 Å². The average Bonchev–Trinajstić information content (AvgIpc) is 2.45. The monoisotopic (exact) mass is 289 g/mol. The Morgan fingerprint density at radius 1 is 1.00 bits per heavy atom. The van der Waals surface area contributed by atoms with Crippen molar-refractivity contribution in [2.24, 2.45) is 5.92 Å². The van der Waals surface area contributed by atoms with E-state index in [4.69, 9.17) is 0 Å². The zero-order chi connectivity index (χ0) is 15.2. The van der Waals surface area contributed by atoms with Crippen molar-refractivity contribution in [3.63, 3.8) is 0 Å². The molecule has 3 heteroatoms. The summed E-state index contributed by atoms with van der Waals surface area (Å²) in [5, 5.41) is 3.15. The molecule has 1 unspecified atom stereocenters. The van der Waals surface area contributed by atoms with E-state index in [0.717, 1.165) is 24.1 Å². The fraction of sp³-hybridized carbons (Fsp3) is 0.333. The van der Waals surface area contributed by atoms with Crippen LogP contribution in [0.1, 0.15) is 16.7 Å². The first kappa shape index (κ1) is 15.6. The highest BCUT2D eigenvalue weighted by Gasteiger charge is 2.14. The highest BCUT2D eigenvalue weighted by Crippen LogP contribution is 2.19. The van der Waals surface area contributed by atoms with Crippen LogP contribution in [0.2, 0.25) is 0 Å². The minimum Gasteiger partial charge on any atom is -0.319 e. The zero-order valence-electron chi connectivity index (χ0n) is 12.5. The van der Waals surface area contributed by atoms with Gasteiger partial charge in [-0.15, -0.1) is 0 Å². The van der Waals surface area contributed by atoms with Crippen molar-refractivity contribution >= 4 is 0 Å². The summed E-state index contributed by atoms with van der Waals surface area (Å²) in [6.07, 6.45) is 1.38. The Labute approximate surface area is 125 Å². The topological polar surface area (TPSA) is 12.0 Å². The van der Waals surface area contributed by atoms with Crippen molar-refractivity contribution in [3.8, 4) is 0 Å². The fourth-order valence-corrected chi connectivity index (χ4v) is 2.65. The minimum atomic E-state index is -0.218. The van der Waals surface area contributed by atoms with Gasteiger partial charge in [-0.3, -0.25) is 0 Å². The lowest BCUT2D eigenvalue weighted by molar-refractivity contribution is 0.477. The standard InChI is InChI=1S/C18H21F2N/c1-13-7-8-17(19)11-16(13)10-14(12-21-2)9-15-5-3-4-6-18(15)20/h3-8,11,14,21H,9-10,12H2,1-2H3. The van der Waals surface area contributed by atoms with Crippen LogP contribution < -0.4 is 5.32 Å². The lowest BCUT2D eigenvalue weighted by Gasteiger charge is -2.18. The fourth-order valence-electron chi connectivity index (χ4n) is 2.65. The van der Waals surface area contributed by atoms with Crippen LogP contribution in [-0.4, -0.2) is 13.6 Å². The van der Waals surface area contributed by atoms with Gasteiger partial charge in [0.2, 0.25) is 0 Å². The summed E-state index contributed by atoms with van der Waals surface area (Å²) in [5.41, 5.74) is 2.78. The SMILES string of the molecule is CNCC(Cc1cc(F)ccc1C)Cc1ccccc1F. The van der Waals surface area contributed by atoms with Crippen LogP contribution in [-0.2, 0) is 12.8 Å². The molecule has 0 aliphatic heterocycles. The number of aryl methyl sites for hydroxylation is 1. The number of benzene rings is 2. The summed E-state index contributed by atoms with van der Waals surface area (Å²) in [7, 11) is 1.88. The van der Waals surface area contributed by atoms with Gasteiger partial charge in [0.15, 0.2) is 0 Å². The number of nitrogens with one attached hydrogen (secondary N) is 1.